The minimum Gasteiger partial charge on any atom is -0.481 e. The summed E-state index contributed by atoms with van der Waals surface area (Å²) < 4.78 is 0. The second kappa shape index (κ2) is 7.24. The number of hydrogen-bond acceptors (Lipinski definition) is 4. The number of amides is 1. The number of rotatable bonds is 6. The molecule has 0 spiro atoms. The number of nitrogens with one attached hydrogen (secondary N) is 2. The Bertz CT molecular complexity index is 271. The molecular weight excluding hydrogens is 222 g/mol. The van der Waals surface area contributed by atoms with Crippen molar-refractivity contribution in [2.45, 2.75) is 25.8 Å². The van der Waals surface area contributed by atoms with Crippen LogP contribution in [0, 0.1) is 0 Å². The van der Waals surface area contributed by atoms with Crippen molar-refractivity contribution in [3.63, 3.8) is 0 Å². The maximum atomic E-state index is 11.5. The Morgan fingerprint density at radius 2 is 2.29 bits per heavy atom. The van der Waals surface area contributed by atoms with E-state index in [-0.39, 0.29) is 12.3 Å². The van der Waals surface area contributed by atoms with Gasteiger partial charge in [-0.1, -0.05) is 0 Å². The number of carboxylic acid groups (broad SMARTS) is 1. The van der Waals surface area contributed by atoms with Gasteiger partial charge in [-0.3, -0.25) is 14.5 Å². The average Bonchev–Trinajstić information content (AvgIpc) is 2.24. The van der Waals surface area contributed by atoms with Gasteiger partial charge in [-0.2, -0.15) is 0 Å². The van der Waals surface area contributed by atoms with Gasteiger partial charge in [0.05, 0.1) is 6.54 Å². The molecule has 1 fully saturated rings. The molecule has 0 aromatic carbocycles. The smallest absolute Gasteiger partial charge is 0.303 e. The molecule has 0 aliphatic carbocycles. The average molecular weight is 243 g/mol. The fraction of sp³-hybridized carbons (Fsp3) is 0.818. The SMILES string of the molecule is C[C@@H]1CN(CC(=O)NCCCC(=O)O)CCN1. The molecule has 1 amide bonds. The van der Waals surface area contributed by atoms with Crippen LogP contribution in [-0.4, -0.2) is 60.6 Å². The van der Waals surface area contributed by atoms with Crippen molar-refractivity contribution in [2.24, 2.45) is 0 Å². The van der Waals surface area contributed by atoms with E-state index in [1.165, 1.54) is 0 Å². The van der Waals surface area contributed by atoms with Crippen molar-refractivity contribution in [1.82, 2.24) is 15.5 Å². The molecule has 1 aliphatic rings. The van der Waals surface area contributed by atoms with Crippen LogP contribution in [0.4, 0.5) is 0 Å². The van der Waals surface area contributed by atoms with Crippen molar-refractivity contribution in [2.75, 3.05) is 32.7 Å². The van der Waals surface area contributed by atoms with Crippen LogP contribution in [0.1, 0.15) is 19.8 Å². The summed E-state index contributed by atoms with van der Waals surface area (Å²) >= 11 is 0. The van der Waals surface area contributed by atoms with Gasteiger partial charge in [-0.05, 0) is 13.3 Å². The van der Waals surface area contributed by atoms with Gasteiger partial charge in [0.25, 0.3) is 0 Å². The van der Waals surface area contributed by atoms with Gasteiger partial charge >= 0.3 is 5.97 Å². The largest absolute Gasteiger partial charge is 0.481 e. The Morgan fingerprint density at radius 1 is 1.53 bits per heavy atom. The Morgan fingerprint density at radius 3 is 2.94 bits per heavy atom. The lowest BCUT2D eigenvalue weighted by Crippen LogP contribution is -2.51. The molecule has 17 heavy (non-hydrogen) atoms. The zero-order valence-electron chi connectivity index (χ0n) is 10.2. The number of carbonyl (C=O) groups is 2. The van der Waals surface area contributed by atoms with Crippen LogP contribution in [0.3, 0.4) is 0 Å². The van der Waals surface area contributed by atoms with Crippen molar-refractivity contribution < 1.29 is 14.7 Å². The fourth-order valence-electron chi connectivity index (χ4n) is 1.88. The predicted octanol–water partition coefficient (Wildman–Crippen LogP) is -0.739. The van der Waals surface area contributed by atoms with Gasteiger partial charge in [0.15, 0.2) is 0 Å². The van der Waals surface area contributed by atoms with Crippen LogP contribution in [0.5, 0.6) is 0 Å². The number of piperazine rings is 1. The first-order valence-electron chi connectivity index (χ1n) is 6.02. The lowest BCUT2D eigenvalue weighted by atomic mass is 10.2. The first-order valence-corrected chi connectivity index (χ1v) is 6.02. The van der Waals surface area contributed by atoms with Crippen molar-refractivity contribution in [3.05, 3.63) is 0 Å². The van der Waals surface area contributed by atoms with Crippen LogP contribution in [0.2, 0.25) is 0 Å². The van der Waals surface area contributed by atoms with Gasteiger partial charge < -0.3 is 15.7 Å². The Balaban J connectivity index is 2.09. The summed E-state index contributed by atoms with van der Waals surface area (Å²) in [7, 11) is 0. The Kier molecular flexibility index (Phi) is 5.93. The van der Waals surface area contributed by atoms with E-state index in [0.717, 1.165) is 19.6 Å². The highest BCUT2D eigenvalue weighted by molar-refractivity contribution is 5.78. The van der Waals surface area contributed by atoms with Gasteiger partial charge in [-0.25, -0.2) is 0 Å². The molecule has 1 saturated heterocycles. The summed E-state index contributed by atoms with van der Waals surface area (Å²) in [4.78, 5) is 23.9. The summed E-state index contributed by atoms with van der Waals surface area (Å²) in [5, 5.41) is 14.5. The van der Waals surface area contributed by atoms with Gasteiger partial charge in [-0.15, -0.1) is 0 Å². The quantitative estimate of drug-likeness (QED) is 0.535. The van der Waals surface area contributed by atoms with Gasteiger partial charge in [0, 0.05) is 38.6 Å². The second-order valence-electron chi connectivity index (χ2n) is 4.44. The van der Waals surface area contributed by atoms with Gasteiger partial charge in [0.2, 0.25) is 5.91 Å². The molecule has 98 valence electrons. The monoisotopic (exact) mass is 243 g/mol. The lowest BCUT2D eigenvalue weighted by Gasteiger charge is -2.31. The normalized spacial score (nSPS) is 21.1. The van der Waals surface area contributed by atoms with E-state index in [0.29, 0.717) is 25.6 Å². The third-order valence-corrected chi connectivity index (χ3v) is 2.71. The van der Waals surface area contributed by atoms with Crippen molar-refractivity contribution >= 4 is 11.9 Å². The van der Waals surface area contributed by atoms with Crippen LogP contribution >= 0.6 is 0 Å². The summed E-state index contributed by atoms with van der Waals surface area (Å²) in [6.07, 6.45) is 0.587. The number of nitrogens with zero attached hydrogens (tertiary/aromatic N) is 1. The maximum absolute atomic E-state index is 11.5. The van der Waals surface area contributed by atoms with E-state index in [4.69, 9.17) is 5.11 Å². The van der Waals surface area contributed by atoms with Crippen LogP contribution in [0.25, 0.3) is 0 Å². The molecule has 1 heterocycles. The molecule has 1 atom stereocenters. The summed E-state index contributed by atoms with van der Waals surface area (Å²) in [5.41, 5.74) is 0. The highest BCUT2D eigenvalue weighted by atomic mass is 16.4. The summed E-state index contributed by atoms with van der Waals surface area (Å²) in [6.45, 7) is 5.60. The second-order valence-corrected chi connectivity index (χ2v) is 4.44. The lowest BCUT2D eigenvalue weighted by molar-refractivity contribution is -0.137. The molecule has 0 aromatic heterocycles. The number of aliphatic carboxylic acids is 1. The standard InChI is InChI=1S/C11H21N3O3/c1-9-7-14(6-5-12-9)8-10(15)13-4-2-3-11(16)17/h9,12H,2-8H2,1H3,(H,13,15)(H,16,17)/t9-/m1/s1. The zero-order valence-corrected chi connectivity index (χ0v) is 10.2. The molecule has 1 rings (SSSR count). The van der Waals surface area contributed by atoms with E-state index >= 15 is 0 Å². The fourth-order valence-corrected chi connectivity index (χ4v) is 1.88. The topological polar surface area (TPSA) is 81.7 Å². The van der Waals surface area contributed by atoms with Crippen LogP contribution in [0.15, 0.2) is 0 Å². The molecule has 3 N–H and O–H groups in total. The number of hydrogen-bond donors (Lipinski definition) is 3. The van der Waals surface area contributed by atoms with Crippen molar-refractivity contribution in [3.8, 4) is 0 Å². The minimum absolute atomic E-state index is 0.0236. The van der Waals surface area contributed by atoms with Crippen LogP contribution < -0.4 is 10.6 Å². The Hall–Kier alpha value is -1.14. The van der Waals surface area contributed by atoms with E-state index in [9.17, 15) is 9.59 Å². The van der Waals surface area contributed by atoms with E-state index < -0.39 is 5.97 Å². The van der Waals surface area contributed by atoms with E-state index in [2.05, 4.69) is 22.5 Å². The molecule has 6 nitrogen and oxygen atoms in total. The third-order valence-electron chi connectivity index (χ3n) is 2.71. The van der Waals surface area contributed by atoms with Crippen LogP contribution in [-0.2, 0) is 9.59 Å². The van der Waals surface area contributed by atoms with Gasteiger partial charge in [0.1, 0.15) is 0 Å². The maximum Gasteiger partial charge on any atom is 0.303 e. The highest BCUT2D eigenvalue weighted by Crippen LogP contribution is 1.97. The zero-order chi connectivity index (χ0) is 12.7. The first-order chi connectivity index (χ1) is 8.08. The predicted molar refractivity (Wildman–Crippen MR) is 63.8 cm³/mol. The molecule has 0 aromatic rings. The number of carboxylic acids is 1. The molecule has 0 saturated carbocycles. The Labute approximate surface area is 101 Å². The summed E-state index contributed by atoms with van der Waals surface area (Å²) in [6, 6.07) is 0.420. The molecule has 0 radical (unpaired) electrons. The summed E-state index contributed by atoms with van der Waals surface area (Å²) in [5.74, 6) is -0.848. The first kappa shape index (κ1) is 13.9. The molecular formula is C11H21N3O3. The number of carbonyl (C=O) groups excluding carboxylic acids is 1. The molecule has 6 heteroatoms. The van der Waals surface area contributed by atoms with Crippen molar-refractivity contribution in [1.29, 1.82) is 0 Å². The minimum atomic E-state index is -0.824. The third kappa shape index (κ3) is 6.23. The molecule has 0 bridgehead atoms. The molecule has 0 unspecified atom stereocenters. The highest BCUT2D eigenvalue weighted by Gasteiger charge is 2.17. The van der Waals surface area contributed by atoms with E-state index in [1.807, 2.05) is 0 Å². The van der Waals surface area contributed by atoms with E-state index in [1.54, 1.807) is 0 Å². The molecule has 1 aliphatic heterocycles.